The lowest BCUT2D eigenvalue weighted by Gasteiger charge is -2.19. The molecule has 0 fully saturated rings. The van der Waals surface area contributed by atoms with Crippen LogP contribution in [-0.4, -0.2) is 22.5 Å². The highest BCUT2D eigenvalue weighted by molar-refractivity contribution is 5.95. The molecule has 2 aromatic heterocycles. The minimum Gasteiger partial charge on any atom is -0.329 e. The number of aromatic nitrogens is 2. The average molecular weight is 468 g/mol. The van der Waals surface area contributed by atoms with Crippen LogP contribution in [0.2, 0.25) is 0 Å². The summed E-state index contributed by atoms with van der Waals surface area (Å²) in [5.74, 6) is 0.719. The van der Waals surface area contributed by atoms with Crippen molar-refractivity contribution in [1.82, 2.24) is 9.55 Å². The summed E-state index contributed by atoms with van der Waals surface area (Å²) in [6.45, 7) is 9.24. The van der Waals surface area contributed by atoms with E-state index in [1.54, 1.807) is 30.3 Å². The van der Waals surface area contributed by atoms with Gasteiger partial charge in [-0.05, 0) is 42.2 Å². The monoisotopic (exact) mass is 467 g/mol. The molecule has 3 aromatic rings. The highest BCUT2D eigenvalue weighted by atomic mass is 19.3. The molecule has 0 aliphatic rings. The topological polar surface area (TPSA) is 47.4 Å². The number of pyridine rings is 1. The van der Waals surface area contributed by atoms with Crippen molar-refractivity contribution in [1.29, 1.82) is 0 Å². The molecule has 1 aromatic carbocycles. The fourth-order valence-corrected chi connectivity index (χ4v) is 4.43. The maximum atomic E-state index is 12.5. The Balaban J connectivity index is 1.91. The summed E-state index contributed by atoms with van der Waals surface area (Å²) < 4.78 is 14.8. The van der Waals surface area contributed by atoms with Crippen molar-refractivity contribution in [3.8, 4) is 5.75 Å². The van der Waals surface area contributed by atoms with E-state index in [1.807, 2.05) is 26.0 Å². The quantitative estimate of drug-likeness (QED) is 0.267. The molecule has 0 N–H and O–H groups in total. The van der Waals surface area contributed by atoms with Crippen molar-refractivity contribution >= 4 is 22.6 Å². The highest BCUT2D eigenvalue weighted by Gasteiger charge is 2.18. The van der Waals surface area contributed by atoms with Crippen LogP contribution in [-0.2, 0) is 17.8 Å². The molecule has 1 atom stereocenters. The van der Waals surface area contributed by atoms with E-state index in [-0.39, 0.29) is 17.6 Å². The van der Waals surface area contributed by atoms with E-state index in [2.05, 4.69) is 35.5 Å². The van der Waals surface area contributed by atoms with Crippen LogP contribution in [0.5, 0.6) is 5.75 Å². The number of halogens is 1. The first-order valence-electron chi connectivity index (χ1n) is 12.5. The lowest BCUT2D eigenvalue weighted by atomic mass is 10.0. The number of hydrogen-bond donors (Lipinski definition) is 0. The first-order valence-corrected chi connectivity index (χ1v) is 12.5. The van der Waals surface area contributed by atoms with Gasteiger partial charge >= 0.3 is 0 Å². The summed E-state index contributed by atoms with van der Waals surface area (Å²) >= 11 is 0. The smallest absolute Gasteiger partial charge is 0.229 e. The molecule has 6 heteroatoms. The maximum Gasteiger partial charge on any atom is 0.229 e. The molecule has 0 aliphatic heterocycles. The third-order valence-corrected chi connectivity index (χ3v) is 6.46. The number of carbonyl (C=O) groups excluding carboxylic acids is 1. The van der Waals surface area contributed by atoms with Crippen LogP contribution in [0.25, 0.3) is 11.0 Å². The van der Waals surface area contributed by atoms with E-state index in [0.29, 0.717) is 12.3 Å². The number of anilines is 1. The van der Waals surface area contributed by atoms with Crippen molar-refractivity contribution in [3.05, 3.63) is 53.9 Å². The third kappa shape index (κ3) is 6.37. The number of unbranched alkanes of at least 4 members (excludes halogenated alkanes) is 3. The molecule has 1 amide bonds. The molecule has 0 aliphatic carbocycles. The van der Waals surface area contributed by atoms with Gasteiger partial charge < -0.3 is 9.47 Å². The van der Waals surface area contributed by atoms with E-state index in [1.165, 1.54) is 32.1 Å². The Kier molecular flexibility index (Phi) is 9.08. The Bertz CT molecular complexity index is 1080. The molecule has 0 saturated heterocycles. The highest BCUT2D eigenvalue weighted by Crippen LogP contribution is 2.27. The molecule has 0 spiro atoms. The lowest BCUT2D eigenvalue weighted by molar-refractivity contribution is -0.121. The fourth-order valence-electron chi connectivity index (χ4n) is 4.43. The van der Waals surface area contributed by atoms with Crippen molar-refractivity contribution in [2.45, 2.75) is 72.8 Å². The SMILES string of the molecule is CCCCCCC(C)Cn1c(Cc2ccc(OF)cc2)cc2cc(N(C)C(=O)C(C)C)cnc21. The van der Waals surface area contributed by atoms with Gasteiger partial charge in [0.15, 0.2) is 5.75 Å². The molecule has 0 radical (unpaired) electrons. The van der Waals surface area contributed by atoms with E-state index in [4.69, 9.17) is 4.98 Å². The predicted molar refractivity (Wildman–Crippen MR) is 137 cm³/mol. The van der Waals surface area contributed by atoms with Crippen molar-refractivity contribution in [2.24, 2.45) is 11.8 Å². The zero-order valence-electron chi connectivity index (χ0n) is 21.2. The van der Waals surface area contributed by atoms with Crippen molar-refractivity contribution in [2.75, 3.05) is 11.9 Å². The van der Waals surface area contributed by atoms with Gasteiger partial charge in [-0.2, -0.15) is 0 Å². The molecule has 2 heterocycles. The van der Waals surface area contributed by atoms with Gasteiger partial charge in [0.25, 0.3) is 0 Å². The first-order chi connectivity index (χ1) is 16.3. The summed E-state index contributed by atoms with van der Waals surface area (Å²) in [4.78, 5) is 22.8. The van der Waals surface area contributed by atoms with E-state index in [0.717, 1.165) is 34.5 Å². The van der Waals surface area contributed by atoms with Crippen LogP contribution >= 0.6 is 0 Å². The summed E-state index contributed by atoms with van der Waals surface area (Å²) in [7, 11) is 1.80. The normalized spacial score (nSPS) is 12.3. The van der Waals surface area contributed by atoms with Crippen LogP contribution in [0.15, 0.2) is 42.6 Å². The van der Waals surface area contributed by atoms with Crippen molar-refractivity contribution in [3.63, 3.8) is 0 Å². The van der Waals surface area contributed by atoms with Crippen molar-refractivity contribution < 1.29 is 14.3 Å². The minimum atomic E-state index is -0.0781. The van der Waals surface area contributed by atoms with Gasteiger partial charge in [-0.15, -0.1) is 0 Å². The van der Waals surface area contributed by atoms with Gasteiger partial charge in [0.2, 0.25) is 5.91 Å². The molecule has 3 rings (SSSR count). The second kappa shape index (κ2) is 12.0. The molecular weight excluding hydrogens is 429 g/mol. The van der Waals surface area contributed by atoms with E-state index >= 15 is 0 Å². The number of carbonyl (C=O) groups is 1. The Morgan fingerprint density at radius 3 is 2.50 bits per heavy atom. The average Bonchev–Trinajstić information content (AvgIpc) is 3.17. The Hall–Kier alpha value is -2.89. The molecule has 1 unspecified atom stereocenters. The van der Waals surface area contributed by atoms with Crippen LogP contribution in [0, 0.1) is 11.8 Å². The number of benzene rings is 1. The van der Waals surface area contributed by atoms with Gasteiger partial charge in [-0.1, -0.05) is 65.5 Å². The van der Waals surface area contributed by atoms with Gasteiger partial charge in [-0.25, -0.2) is 4.98 Å². The first kappa shape index (κ1) is 25.7. The van der Waals surface area contributed by atoms with E-state index in [9.17, 15) is 9.32 Å². The van der Waals surface area contributed by atoms with Gasteiger partial charge in [0.05, 0.1) is 11.9 Å². The van der Waals surface area contributed by atoms with Gasteiger partial charge in [0.1, 0.15) is 5.65 Å². The summed E-state index contributed by atoms with van der Waals surface area (Å²) in [5.41, 5.74) is 3.97. The van der Waals surface area contributed by atoms with Crippen LogP contribution in [0.4, 0.5) is 10.2 Å². The Morgan fingerprint density at radius 2 is 1.85 bits per heavy atom. The minimum absolute atomic E-state index is 0.0664. The maximum absolute atomic E-state index is 12.5. The molecule has 184 valence electrons. The fraction of sp³-hybridized carbons (Fsp3) is 0.500. The number of hydrogen-bond acceptors (Lipinski definition) is 3. The largest absolute Gasteiger partial charge is 0.329 e. The number of rotatable bonds is 12. The summed E-state index contributed by atoms with van der Waals surface area (Å²) in [5, 5.41) is 1.03. The zero-order valence-corrected chi connectivity index (χ0v) is 21.2. The number of amides is 1. The molecule has 34 heavy (non-hydrogen) atoms. The Morgan fingerprint density at radius 1 is 1.12 bits per heavy atom. The summed E-state index contributed by atoms with van der Waals surface area (Å²) in [6, 6.07) is 11.3. The molecule has 0 saturated carbocycles. The van der Waals surface area contributed by atoms with E-state index < -0.39 is 0 Å². The standard InChI is InChI=1S/C28H38FN3O2/c1-6-7-8-9-10-21(4)19-32-24(15-22-11-13-26(34-29)14-12-22)16-23-17-25(18-30-27(23)32)31(5)28(33)20(2)3/h11-14,16-18,20-21H,6-10,15,19H2,1-5H3. The van der Waals surface area contributed by atoms with Gasteiger partial charge in [-0.3, -0.25) is 9.74 Å². The third-order valence-electron chi connectivity index (χ3n) is 6.46. The zero-order chi connectivity index (χ0) is 24.7. The van der Waals surface area contributed by atoms with Crippen LogP contribution in [0.1, 0.15) is 71.1 Å². The molecule has 0 bridgehead atoms. The van der Waals surface area contributed by atoms with Crippen LogP contribution in [0.3, 0.4) is 0 Å². The molecule has 5 nitrogen and oxygen atoms in total. The molecular formula is C28H38FN3O2. The van der Waals surface area contributed by atoms with Crippen LogP contribution < -0.4 is 9.84 Å². The summed E-state index contributed by atoms with van der Waals surface area (Å²) in [6.07, 6.45) is 8.74. The predicted octanol–water partition coefficient (Wildman–Crippen LogP) is 7.12. The second-order valence-electron chi connectivity index (χ2n) is 9.76. The van der Waals surface area contributed by atoms with Gasteiger partial charge in [0, 0.05) is 41.5 Å². The number of nitrogens with zero attached hydrogens (tertiary/aromatic N) is 3. The Labute approximate surface area is 202 Å². The number of fused-ring (bicyclic) bond motifs is 1. The lowest BCUT2D eigenvalue weighted by Crippen LogP contribution is -2.30. The second-order valence-corrected chi connectivity index (χ2v) is 9.76.